The molecule has 1 aliphatic rings. The smallest absolute Gasteiger partial charge is 0.416 e. The van der Waals surface area contributed by atoms with Crippen LogP contribution in [0.4, 0.5) is 22.0 Å². The quantitative estimate of drug-likeness (QED) is 0.431. The van der Waals surface area contributed by atoms with E-state index in [-0.39, 0.29) is 23.4 Å². The first-order valence-corrected chi connectivity index (χ1v) is 11.1. The molecule has 0 unspecified atom stereocenters. The molecule has 1 aromatic carbocycles. The monoisotopic (exact) mass is 497 g/mol. The van der Waals surface area contributed by atoms with Crippen molar-refractivity contribution in [2.24, 2.45) is 0 Å². The Labute approximate surface area is 198 Å². The van der Waals surface area contributed by atoms with Gasteiger partial charge in [0.15, 0.2) is 0 Å². The lowest BCUT2D eigenvalue weighted by Gasteiger charge is -2.34. The maximum Gasteiger partial charge on any atom is 0.416 e. The minimum Gasteiger partial charge on any atom is -0.419 e. The van der Waals surface area contributed by atoms with Gasteiger partial charge in [0.2, 0.25) is 5.89 Å². The molecule has 1 fully saturated rings. The summed E-state index contributed by atoms with van der Waals surface area (Å²) in [5.41, 5.74) is -0.104. The van der Waals surface area contributed by atoms with Crippen molar-refractivity contribution >= 4 is 5.91 Å². The van der Waals surface area contributed by atoms with Gasteiger partial charge in [-0.3, -0.25) is 4.79 Å². The Morgan fingerprint density at radius 3 is 2.74 bits per heavy atom. The van der Waals surface area contributed by atoms with Crippen molar-refractivity contribution in [3.8, 4) is 11.6 Å². The van der Waals surface area contributed by atoms with Gasteiger partial charge in [-0.1, -0.05) is 12.5 Å². The molecule has 0 bridgehead atoms. The molecule has 2 atom stereocenters. The third-order valence-corrected chi connectivity index (χ3v) is 6.30. The third-order valence-electron chi connectivity index (χ3n) is 6.30. The van der Waals surface area contributed by atoms with Crippen molar-refractivity contribution in [3.63, 3.8) is 0 Å². The highest BCUT2D eigenvalue weighted by Gasteiger charge is 2.34. The third kappa shape index (κ3) is 5.35. The number of aromatic nitrogens is 4. The lowest BCUT2D eigenvalue weighted by molar-refractivity contribution is -0.137. The molecule has 188 valence electrons. The Balaban J connectivity index is 1.49. The Morgan fingerprint density at radius 2 is 2.03 bits per heavy atom. The van der Waals surface area contributed by atoms with Crippen LogP contribution in [0.2, 0.25) is 0 Å². The maximum absolute atomic E-state index is 13.1. The molecule has 3 aromatic rings. The van der Waals surface area contributed by atoms with Gasteiger partial charge in [0.05, 0.1) is 24.1 Å². The van der Waals surface area contributed by atoms with Crippen molar-refractivity contribution in [1.29, 1.82) is 0 Å². The van der Waals surface area contributed by atoms with Crippen molar-refractivity contribution in [3.05, 3.63) is 53.3 Å². The first-order valence-electron chi connectivity index (χ1n) is 11.1. The SMILES string of the molecule is Cc1ncn(CC(F)F)c1-c1nnc([C@H]2CCC[C@@H](N(C)C(=O)c3cccc(C(F)(F)F)c3)C2)o1. The lowest BCUT2D eigenvalue weighted by atomic mass is 9.84. The normalized spacial score (nSPS) is 18.7. The average molecular weight is 497 g/mol. The molecule has 0 saturated heterocycles. The fourth-order valence-electron chi connectivity index (χ4n) is 4.48. The molecule has 12 heteroatoms. The molecule has 0 aliphatic heterocycles. The van der Waals surface area contributed by atoms with Crippen molar-refractivity contribution < 1.29 is 31.2 Å². The van der Waals surface area contributed by atoms with Gasteiger partial charge in [0, 0.05) is 24.6 Å². The molecule has 1 saturated carbocycles. The van der Waals surface area contributed by atoms with Crippen molar-refractivity contribution in [2.75, 3.05) is 7.05 Å². The summed E-state index contributed by atoms with van der Waals surface area (Å²) in [7, 11) is 1.57. The molecule has 0 radical (unpaired) electrons. The maximum atomic E-state index is 13.1. The molecule has 2 heterocycles. The van der Waals surface area contributed by atoms with Gasteiger partial charge >= 0.3 is 6.18 Å². The minimum absolute atomic E-state index is 0.0349. The molecule has 35 heavy (non-hydrogen) atoms. The van der Waals surface area contributed by atoms with Crippen LogP contribution in [0, 0.1) is 6.92 Å². The summed E-state index contributed by atoms with van der Waals surface area (Å²) in [6.45, 7) is 1.11. The number of benzene rings is 1. The molecule has 1 aliphatic carbocycles. The number of carbonyl (C=O) groups excluding carboxylic acids is 1. The topological polar surface area (TPSA) is 77.1 Å². The highest BCUT2D eigenvalue weighted by Crippen LogP contribution is 2.36. The van der Waals surface area contributed by atoms with Gasteiger partial charge in [-0.2, -0.15) is 13.2 Å². The fourth-order valence-corrected chi connectivity index (χ4v) is 4.48. The van der Waals surface area contributed by atoms with E-state index >= 15 is 0 Å². The first kappa shape index (κ1) is 24.8. The largest absolute Gasteiger partial charge is 0.419 e. The summed E-state index contributed by atoms with van der Waals surface area (Å²) in [4.78, 5) is 18.4. The van der Waals surface area contributed by atoms with E-state index in [4.69, 9.17) is 4.42 Å². The standard InChI is InChI=1S/C23H24F5N5O2/c1-13-19(33(12-29-13)11-18(24)25)21-31-30-20(35-21)14-5-4-8-17(10-14)32(2)22(34)15-6-3-7-16(9-15)23(26,27)28/h3,6-7,9,12,14,17-18H,4-5,8,10-11H2,1-2H3/t14-,17+/m0/s1. The number of nitrogens with zero attached hydrogens (tertiary/aromatic N) is 5. The van der Waals surface area contributed by atoms with E-state index in [2.05, 4.69) is 15.2 Å². The Morgan fingerprint density at radius 1 is 1.26 bits per heavy atom. The van der Waals surface area contributed by atoms with Gasteiger partial charge in [0.1, 0.15) is 5.69 Å². The van der Waals surface area contributed by atoms with Crippen LogP contribution in [0.1, 0.15) is 59.1 Å². The zero-order chi connectivity index (χ0) is 25.3. The van der Waals surface area contributed by atoms with Crippen LogP contribution in [-0.2, 0) is 12.7 Å². The Bertz CT molecular complexity index is 1190. The molecule has 0 N–H and O–H groups in total. The highest BCUT2D eigenvalue weighted by molar-refractivity contribution is 5.94. The van der Waals surface area contributed by atoms with Gasteiger partial charge in [0.25, 0.3) is 18.2 Å². The summed E-state index contributed by atoms with van der Waals surface area (Å²) in [5.74, 6) is -0.266. The Hall–Kier alpha value is -3.31. The molecule has 1 amide bonds. The number of imidazole rings is 1. The number of alkyl halides is 5. The number of rotatable bonds is 6. The van der Waals surface area contributed by atoms with Crippen LogP contribution in [0.25, 0.3) is 11.6 Å². The number of amides is 1. The number of carbonyl (C=O) groups is 1. The number of hydrogen-bond acceptors (Lipinski definition) is 5. The summed E-state index contributed by atoms with van der Waals surface area (Å²) in [5, 5.41) is 8.16. The second-order valence-corrected chi connectivity index (χ2v) is 8.68. The Kier molecular flexibility index (Phi) is 6.91. The number of aryl methyl sites for hydroxylation is 1. The number of halogens is 5. The highest BCUT2D eigenvalue weighted by atomic mass is 19.4. The molecule has 0 spiro atoms. The molecule has 2 aromatic heterocycles. The van der Waals surface area contributed by atoms with Gasteiger partial charge < -0.3 is 13.9 Å². The van der Waals surface area contributed by atoms with Crippen LogP contribution in [0.15, 0.2) is 35.0 Å². The van der Waals surface area contributed by atoms with Gasteiger partial charge in [-0.25, -0.2) is 13.8 Å². The second kappa shape index (κ2) is 9.74. The molecule has 4 rings (SSSR count). The summed E-state index contributed by atoms with van der Waals surface area (Å²) in [6, 6.07) is 4.12. The molecular weight excluding hydrogens is 473 g/mol. The van der Waals surface area contributed by atoms with Gasteiger partial charge in [-0.15, -0.1) is 10.2 Å². The van der Waals surface area contributed by atoms with Crippen molar-refractivity contribution in [1.82, 2.24) is 24.6 Å². The predicted molar refractivity (Wildman–Crippen MR) is 115 cm³/mol. The summed E-state index contributed by atoms with van der Waals surface area (Å²) in [6.07, 6.45) is -3.19. The van der Waals surface area contributed by atoms with E-state index in [1.54, 1.807) is 14.0 Å². The average Bonchev–Trinajstić information content (AvgIpc) is 3.44. The van der Waals surface area contributed by atoms with E-state index in [1.165, 1.54) is 27.9 Å². The fraction of sp³-hybridized carbons (Fsp3) is 0.478. The van der Waals surface area contributed by atoms with Crippen LogP contribution >= 0.6 is 0 Å². The van der Waals surface area contributed by atoms with E-state index in [0.717, 1.165) is 25.0 Å². The summed E-state index contributed by atoms with van der Waals surface area (Å²) >= 11 is 0. The van der Waals surface area contributed by atoms with Crippen molar-refractivity contribution in [2.45, 2.75) is 63.7 Å². The zero-order valence-electron chi connectivity index (χ0n) is 19.1. The van der Waals surface area contributed by atoms with E-state index in [1.807, 2.05) is 0 Å². The molecule has 7 nitrogen and oxygen atoms in total. The summed E-state index contributed by atoms with van der Waals surface area (Å²) < 4.78 is 72.1. The minimum atomic E-state index is -4.54. The second-order valence-electron chi connectivity index (χ2n) is 8.68. The molecular formula is C23H24F5N5O2. The van der Waals surface area contributed by atoms with E-state index in [9.17, 15) is 26.7 Å². The van der Waals surface area contributed by atoms with Crippen LogP contribution in [0.5, 0.6) is 0 Å². The predicted octanol–water partition coefficient (Wildman–Crippen LogP) is 5.32. The van der Waals surface area contributed by atoms with E-state index in [0.29, 0.717) is 30.1 Å². The van der Waals surface area contributed by atoms with Crippen LogP contribution < -0.4 is 0 Å². The first-order chi connectivity index (χ1) is 16.5. The van der Waals surface area contributed by atoms with Gasteiger partial charge in [-0.05, 0) is 44.4 Å². The van der Waals surface area contributed by atoms with Crippen LogP contribution in [0.3, 0.4) is 0 Å². The number of hydrogen-bond donors (Lipinski definition) is 0. The van der Waals surface area contributed by atoms with Crippen LogP contribution in [-0.4, -0.2) is 50.1 Å². The lowest BCUT2D eigenvalue weighted by Crippen LogP contribution is -2.40. The zero-order valence-corrected chi connectivity index (χ0v) is 19.1. The van der Waals surface area contributed by atoms with E-state index < -0.39 is 30.6 Å².